The first-order chi connectivity index (χ1) is 6.22. The second-order valence-electron chi connectivity index (χ2n) is 2.35. The summed E-state index contributed by atoms with van der Waals surface area (Å²) in [6, 6.07) is 3.61. The second-order valence-corrected chi connectivity index (χ2v) is 3.67. The van der Waals surface area contributed by atoms with Gasteiger partial charge < -0.3 is 0 Å². The van der Waals surface area contributed by atoms with E-state index in [1.807, 2.05) is 6.07 Å². The number of hydrogen-bond donors (Lipinski definition) is 0. The van der Waals surface area contributed by atoms with Gasteiger partial charge in [0.1, 0.15) is 11.6 Å². The Kier molecular flexibility index (Phi) is 1.94. The van der Waals surface area contributed by atoms with Crippen LogP contribution in [-0.2, 0) is 0 Å². The van der Waals surface area contributed by atoms with E-state index in [1.54, 1.807) is 12.3 Å². The van der Waals surface area contributed by atoms with Crippen LogP contribution in [0.4, 0.5) is 0 Å². The van der Waals surface area contributed by atoms with E-state index >= 15 is 0 Å². The molecule has 2 aromatic heterocycles. The molecule has 0 aliphatic heterocycles. The minimum Gasteiger partial charge on any atom is -0.217 e. The van der Waals surface area contributed by atoms with Crippen LogP contribution < -0.4 is 0 Å². The van der Waals surface area contributed by atoms with Gasteiger partial charge >= 0.3 is 0 Å². The first-order valence-corrected chi connectivity index (χ1v) is 4.49. The Morgan fingerprint density at radius 1 is 1.62 bits per heavy atom. The summed E-state index contributed by atoms with van der Waals surface area (Å²) in [5, 5.41) is 16.5. The lowest BCUT2D eigenvalue weighted by atomic mass is 10.3. The summed E-state index contributed by atoms with van der Waals surface area (Å²) in [7, 11) is 0. The van der Waals surface area contributed by atoms with Crippen LogP contribution in [0.3, 0.4) is 0 Å². The van der Waals surface area contributed by atoms with Crippen LogP contribution in [-0.4, -0.2) is 14.8 Å². The highest BCUT2D eigenvalue weighted by Crippen LogP contribution is 2.23. The van der Waals surface area contributed by atoms with Crippen LogP contribution >= 0.6 is 27.5 Å². The number of rotatable bonds is 0. The second kappa shape index (κ2) is 2.98. The quantitative estimate of drug-likeness (QED) is 0.725. The highest BCUT2D eigenvalue weighted by Gasteiger charge is 2.09. The van der Waals surface area contributed by atoms with Crippen molar-refractivity contribution in [1.82, 2.24) is 14.8 Å². The van der Waals surface area contributed by atoms with Crippen molar-refractivity contribution in [3.63, 3.8) is 0 Å². The van der Waals surface area contributed by atoms with Crippen molar-refractivity contribution in [1.29, 1.82) is 5.26 Å². The molecule has 2 aromatic rings. The summed E-state index contributed by atoms with van der Waals surface area (Å²) in [6.07, 6.45) is 1.69. The maximum absolute atomic E-state index is 8.68. The van der Waals surface area contributed by atoms with Gasteiger partial charge in [-0.3, -0.25) is 0 Å². The summed E-state index contributed by atoms with van der Waals surface area (Å²) < 4.78 is 2.25. The molecule has 13 heavy (non-hydrogen) atoms. The number of aromatic nitrogens is 3. The summed E-state index contributed by atoms with van der Waals surface area (Å²) in [5.41, 5.74) is 0.768. The maximum atomic E-state index is 8.68. The number of fused-ring (bicyclic) bond motifs is 1. The Morgan fingerprint density at radius 3 is 3.08 bits per heavy atom. The summed E-state index contributed by atoms with van der Waals surface area (Å²) >= 11 is 9.16. The van der Waals surface area contributed by atoms with Crippen molar-refractivity contribution in [3.8, 4) is 6.07 Å². The smallest absolute Gasteiger partial charge is 0.192 e. The molecule has 0 spiro atoms. The topological polar surface area (TPSA) is 54.0 Å². The minimum atomic E-state index is 0.234. The predicted octanol–water partition coefficient (Wildman–Crippen LogP) is 2.02. The molecule has 64 valence electrons. The molecular formula is C7H2BrClN4. The fraction of sp³-hybridized carbons (Fsp3) is 0. The molecule has 0 amide bonds. The number of nitrogens with zero attached hydrogens (tertiary/aromatic N) is 4. The molecule has 2 rings (SSSR count). The Morgan fingerprint density at radius 2 is 2.38 bits per heavy atom. The van der Waals surface area contributed by atoms with Gasteiger partial charge in [0.05, 0.1) is 5.02 Å². The van der Waals surface area contributed by atoms with Crippen LogP contribution in [0.15, 0.2) is 16.7 Å². The van der Waals surface area contributed by atoms with E-state index in [9.17, 15) is 0 Å². The van der Waals surface area contributed by atoms with Gasteiger partial charge in [0.2, 0.25) is 0 Å². The zero-order valence-electron chi connectivity index (χ0n) is 6.20. The predicted molar refractivity (Wildman–Crippen MR) is 50.4 cm³/mol. The molecule has 0 bridgehead atoms. The van der Waals surface area contributed by atoms with E-state index in [4.69, 9.17) is 16.9 Å². The lowest BCUT2D eigenvalue weighted by Gasteiger charge is -1.95. The van der Waals surface area contributed by atoms with E-state index in [2.05, 4.69) is 26.2 Å². The highest BCUT2D eigenvalue weighted by molar-refractivity contribution is 9.10. The molecule has 0 unspecified atom stereocenters. The summed E-state index contributed by atoms with van der Waals surface area (Å²) in [6.45, 7) is 0. The summed E-state index contributed by atoms with van der Waals surface area (Å²) in [5.74, 6) is 0. The van der Waals surface area contributed by atoms with Crippen LogP contribution in [0.1, 0.15) is 5.69 Å². The van der Waals surface area contributed by atoms with E-state index in [0.29, 0.717) is 10.5 Å². The standard InChI is InChI=1S/C7H2BrClN4/c8-4-1-5(9)7-6(2-10)11-12-13(7)3-4/h1,3H. The molecule has 0 saturated carbocycles. The first kappa shape index (κ1) is 8.48. The Balaban J connectivity index is 2.92. The third-order valence-corrected chi connectivity index (χ3v) is 2.26. The molecular weight excluding hydrogens is 255 g/mol. The van der Waals surface area contributed by atoms with E-state index < -0.39 is 0 Å². The highest BCUT2D eigenvalue weighted by atomic mass is 79.9. The van der Waals surface area contributed by atoms with Gasteiger partial charge in [0.25, 0.3) is 0 Å². The van der Waals surface area contributed by atoms with Gasteiger partial charge in [0.15, 0.2) is 5.69 Å². The average molecular weight is 257 g/mol. The fourth-order valence-corrected chi connectivity index (χ4v) is 1.87. The molecule has 0 radical (unpaired) electrons. The molecule has 0 aliphatic rings. The number of nitriles is 1. The number of hydrogen-bond acceptors (Lipinski definition) is 3. The van der Waals surface area contributed by atoms with Crippen molar-refractivity contribution < 1.29 is 0 Å². The van der Waals surface area contributed by atoms with Gasteiger partial charge in [0, 0.05) is 10.7 Å². The van der Waals surface area contributed by atoms with E-state index in [0.717, 1.165) is 4.47 Å². The third-order valence-electron chi connectivity index (χ3n) is 1.54. The Labute approximate surface area is 86.9 Å². The SMILES string of the molecule is N#Cc1nnn2cc(Br)cc(Cl)c12. The van der Waals surface area contributed by atoms with Gasteiger partial charge in [-0.1, -0.05) is 16.8 Å². The zero-order valence-corrected chi connectivity index (χ0v) is 8.54. The number of halogens is 2. The van der Waals surface area contributed by atoms with Crippen molar-refractivity contribution in [2.75, 3.05) is 0 Å². The lowest BCUT2D eigenvalue weighted by Crippen LogP contribution is -1.87. The molecule has 4 nitrogen and oxygen atoms in total. The molecule has 0 aromatic carbocycles. The Hall–Kier alpha value is -1.12. The first-order valence-electron chi connectivity index (χ1n) is 3.32. The molecule has 0 fully saturated rings. The maximum Gasteiger partial charge on any atom is 0.192 e. The molecule has 0 atom stereocenters. The van der Waals surface area contributed by atoms with E-state index in [-0.39, 0.29) is 5.69 Å². The van der Waals surface area contributed by atoms with Crippen molar-refractivity contribution in [2.24, 2.45) is 0 Å². The molecule has 0 saturated heterocycles. The molecule has 0 aliphatic carbocycles. The largest absolute Gasteiger partial charge is 0.217 e. The molecule has 6 heteroatoms. The minimum absolute atomic E-state index is 0.234. The van der Waals surface area contributed by atoms with E-state index in [1.165, 1.54) is 4.52 Å². The van der Waals surface area contributed by atoms with Gasteiger partial charge in [-0.25, -0.2) is 4.52 Å². The van der Waals surface area contributed by atoms with Crippen LogP contribution in [0.25, 0.3) is 5.52 Å². The molecule has 0 N–H and O–H groups in total. The summed E-state index contributed by atoms with van der Waals surface area (Å²) in [4.78, 5) is 0. The van der Waals surface area contributed by atoms with Crippen LogP contribution in [0.2, 0.25) is 5.02 Å². The van der Waals surface area contributed by atoms with Gasteiger partial charge in [-0.2, -0.15) is 5.26 Å². The monoisotopic (exact) mass is 256 g/mol. The lowest BCUT2D eigenvalue weighted by molar-refractivity contribution is 0.850. The average Bonchev–Trinajstić information content (AvgIpc) is 2.47. The fourth-order valence-electron chi connectivity index (χ4n) is 1.03. The van der Waals surface area contributed by atoms with Gasteiger partial charge in [-0.15, -0.1) is 5.10 Å². The van der Waals surface area contributed by atoms with Crippen molar-refractivity contribution in [2.45, 2.75) is 0 Å². The molecule has 2 heterocycles. The third kappa shape index (κ3) is 1.28. The number of pyridine rings is 1. The Bertz CT molecular complexity index is 513. The van der Waals surface area contributed by atoms with Crippen molar-refractivity contribution in [3.05, 3.63) is 27.5 Å². The normalized spacial score (nSPS) is 10.2. The van der Waals surface area contributed by atoms with Gasteiger partial charge in [-0.05, 0) is 22.0 Å². The van der Waals surface area contributed by atoms with Crippen LogP contribution in [0, 0.1) is 11.3 Å². The van der Waals surface area contributed by atoms with Crippen LogP contribution in [0.5, 0.6) is 0 Å². The van der Waals surface area contributed by atoms with Crippen molar-refractivity contribution >= 4 is 33.0 Å². The zero-order chi connectivity index (χ0) is 9.42.